The molecule has 0 saturated carbocycles. The Kier molecular flexibility index (Phi) is 3.04. The first kappa shape index (κ1) is 10.9. The monoisotopic (exact) mass is 222 g/mol. The Labute approximate surface area is 93.1 Å². The minimum atomic E-state index is -0.768. The molecule has 1 aromatic rings. The summed E-state index contributed by atoms with van der Waals surface area (Å²) < 4.78 is 26.3. The highest BCUT2D eigenvalue weighted by molar-refractivity contribution is 5.60. The van der Waals surface area contributed by atoms with Gasteiger partial charge >= 0.3 is 0 Å². The molecule has 0 N–H and O–H groups in total. The molecule has 2 rings (SSSR count). The third-order valence-corrected chi connectivity index (χ3v) is 2.87. The zero-order valence-electron chi connectivity index (χ0n) is 8.79. The highest BCUT2D eigenvalue weighted by Gasteiger charge is 2.21. The van der Waals surface area contributed by atoms with E-state index in [0.717, 1.165) is 0 Å². The number of nitrogens with zero attached hydrogens (tertiary/aromatic N) is 2. The van der Waals surface area contributed by atoms with E-state index in [2.05, 4.69) is 0 Å². The summed E-state index contributed by atoms with van der Waals surface area (Å²) in [6, 6.07) is 6.41. The van der Waals surface area contributed by atoms with E-state index >= 15 is 0 Å². The molecule has 16 heavy (non-hydrogen) atoms. The second kappa shape index (κ2) is 4.48. The Hall–Kier alpha value is -1.63. The quantitative estimate of drug-likeness (QED) is 0.730. The van der Waals surface area contributed by atoms with Crippen LogP contribution in [0.15, 0.2) is 18.2 Å². The van der Waals surface area contributed by atoms with Crippen molar-refractivity contribution in [1.82, 2.24) is 0 Å². The number of piperidine rings is 1. The van der Waals surface area contributed by atoms with E-state index in [-0.39, 0.29) is 5.56 Å². The van der Waals surface area contributed by atoms with E-state index in [1.807, 2.05) is 11.0 Å². The normalized spacial score (nSPS) is 17.2. The Morgan fingerprint density at radius 1 is 1.31 bits per heavy atom. The maximum absolute atomic E-state index is 13.4. The van der Waals surface area contributed by atoms with Gasteiger partial charge < -0.3 is 4.90 Å². The minimum absolute atomic E-state index is 0.0554. The molecule has 0 aliphatic carbocycles. The molecule has 0 bridgehead atoms. The fourth-order valence-corrected chi connectivity index (χ4v) is 1.98. The number of rotatable bonds is 1. The molecule has 0 amide bonds. The van der Waals surface area contributed by atoms with Crippen molar-refractivity contribution in [3.05, 3.63) is 29.6 Å². The lowest BCUT2D eigenvalue weighted by molar-refractivity contribution is 0.277. The van der Waals surface area contributed by atoms with Gasteiger partial charge in [0.15, 0.2) is 0 Å². The van der Waals surface area contributed by atoms with Gasteiger partial charge in [-0.1, -0.05) is 6.07 Å². The van der Waals surface area contributed by atoms with Crippen molar-refractivity contribution < 1.29 is 8.78 Å². The van der Waals surface area contributed by atoms with E-state index < -0.39 is 12.0 Å². The standard InChI is InChI=1S/C12H12F2N2/c13-9-4-6-16(7-5-9)12-3-1-2-11(14)10(12)8-15/h1-3,9H,4-7H2. The number of hydrogen-bond acceptors (Lipinski definition) is 2. The molecule has 2 nitrogen and oxygen atoms in total. The van der Waals surface area contributed by atoms with Gasteiger partial charge in [-0.05, 0) is 25.0 Å². The fourth-order valence-electron chi connectivity index (χ4n) is 1.98. The second-order valence-electron chi connectivity index (χ2n) is 3.91. The summed E-state index contributed by atoms with van der Waals surface area (Å²) >= 11 is 0. The topological polar surface area (TPSA) is 27.0 Å². The summed E-state index contributed by atoms with van der Waals surface area (Å²) in [5, 5.41) is 8.89. The lowest BCUT2D eigenvalue weighted by Gasteiger charge is -2.31. The molecular weight excluding hydrogens is 210 g/mol. The van der Waals surface area contributed by atoms with Crippen LogP contribution < -0.4 is 4.90 Å². The number of nitriles is 1. The number of anilines is 1. The lowest BCUT2D eigenvalue weighted by Crippen LogP contribution is -2.34. The molecule has 0 spiro atoms. The van der Waals surface area contributed by atoms with Gasteiger partial charge in [0.1, 0.15) is 23.6 Å². The van der Waals surface area contributed by atoms with Gasteiger partial charge in [0.05, 0.1) is 5.69 Å². The highest BCUT2D eigenvalue weighted by atomic mass is 19.1. The summed E-state index contributed by atoms with van der Waals surface area (Å²) in [7, 11) is 0. The van der Waals surface area contributed by atoms with E-state index in [0.29, 0.717) is 31.6 Å². The first-order chi connectivity index (χ1) is 7.72. The Morgan fingerprint density at radius 2 is 2.00 bits per heavy atom. The van der Waals surface area contributed by atoms with Crippen LogP contribution in [0.4, 0.5) is 14.5 Å². The number of benzene rings is 1. The van der Waals surface area contributed by atoms with Crippen LogP contribution in [0.3, 0.4) is 0 Å². The third-order valence-electron chi connectivity index (χ3n) is 2.87. The largest absolute Gasteiger partial charge is 0.370 e. The van der Waals surface area contributed by atoms with Crippen LogP contribution in [0, 0.1) is 17.1 Å². The fraction of sp³-hybridized carbons (Fsp3) is 0.417. The van der Waals surface area contributed by atoms with Gasteiger partial charge in [0.25, 0.3) is 0 Å². The van der Waals surface area contributed by atoms with Gasteiger partial charge in [-0.15, -0.1) is 0 Å². The van der Waals surface area contributed by atoms with Crippen LogP contribution in [0.25, 0.3) is 0 Å². The minimum Gasteiger partial charge on any atom is -0.370 e. The van der Waals surface area contributed by atoms with E-state index in [1.165, 1.54) is 6.07 Å². The number of hydrogen-bond donors (Lipinski definition) is 0. The maximum Gasteiger partial charge on any atom is 0.143 e. The average molecular weight is 222 g/mol. The van der Waals surface area contributed by atoms with Gasteiger partial charge in [0, 0.05) is 13.1 Å². The molecular formula is C12H12F2N2. The van der Waals surface area contributed by atoms with Crippen molar-refractivity contribution in [3.63, 3.8) is 0 Å². The molecule has 1 heterocycles. The van der Waals surface area contributed by atoms with E-state index in [4.69, 9.17) is 5.26 Å². The Balaban J connectivity index is 2.27. The average Bonchev–Trinajstić information content (AvgIpc) is 2.30. The summed E-state index contributed by atoms with van der Waals surface area (Å²) in [5.41, 5.74) is 0.634. The molecule has 1 aliphatic rings. The molecule has 0 radical (unpaired) electrons. The van der Waals surface area contributed by atoms with Gasteiger partial charge in [-0.25, -0.2) is 8.78 Å². The second-order valence-corrected chi connectivity index (χ2v) is 3.91. The van der Waals surface area contributed by atoms with Crippen LogP contribution >= 0.6 is 0 Å². The molecule has 0 unspecified atom stereocenters. The smallest absolute Gasteiger partial charge is 0.143 e. The third kappa shape index (κ3) is 1.99. The molecule has 1 aromatic carbocycles. The van der Waals surface area contributed by atoms with E-state index in [1.54, 1.807) is 12.1 Å². The van der Waals surface area contributed by atoms with Crippen molar-refractivity contribution >= 4 is 5.69 Å². The van der Waals surface area contributed by atoms with Crippen molar-refractivity contribution in [2.24, 2.45) is 0 Å². The predicted molar refractivity (Wildman–Crippen MR) is 57.5 cm³/mol. The van der Waals surface area contributed by atoms with Crippen molar-refractivity contribution in [2.45, 2.75) is 19.0 Å². The van der Waals surface area contributed by atoms with Crippen LogP contribution in [0.2, 0.25) is 0 Å². The van der Waals surface area contributed by atoms with Crippen LogP contribution in [-0.2, 0) is 0 Å². The number of halogens is 2. The lowest BCUT2D eigenvalue weighted by atomic mass is 10.1. The van der Waals surface area contributed by atoms with E-state index in [9.17, 15) is 8.78 Å². The predicted octanol–water partition coefficient (Wildman–Crippen LogP) is 2.64. The summed E-state index contributed by atoms with van der Waals surface area (Å²) in [6.45, 7) is 1.08. The molecule has 1 saturated heterocycles. The molecule has 1 fully saturated rings. The summed E-state index contributed by atoms with van der Waals surface area (Å²) in [6.07, 6.45) is 0.123. The summed E-state index contributed by atoms with van der Waals surface area (Å²) in [5.74, 6) is -0.512. The Morgan fingerprint density at radius 3 is 2.62 bits per heavy atom. The summed E-state index contributed by atoms with van der Waals surface area (Å²) in [4.78, 5) is 1.87. The molecule has 4 heteroatoms. The van der Waals surface area contributed by atoms with Crippen molar-refractivity contribution in [3.8, 4) is 6.07 Å². The van der Waals surface area contributed by atoms with Crippen LogP contribution in [-0.4, -0.2) is 19.3 Å². The molecule has 0 aromatic heterocycles. The van der Waals surface area contributed by atoms with Crippen LogP contribution in [0.5, 0.6) is 0 Å². The van der Waals surface area contributed by atoms with Crippen LogP contribution in [0.1, 0.15) is 18.4 Å². The SMILES string of the molecule is N#Cc1c(F)cccc1N1CCC(F)CC1. The Bertz CT molecular complexity index is 418. The molecule has 1 aliphatic heterocycles. The zero-order valence-corrected chi connectivity index (χ0v) is 8.79. The molecule has 0 atom stereocenters. The first-order valence-electron chi connectivity index (χ1n) is 5.30. The molecule has 84 valence electrons. The highest BCUT2D eigenvalue weighted by Crippen LogP contribution is 2.26. The maximum atomic E-state index is 13.4. The van der Waals surface area contributed by atoms with Gasteiger partial charge in [-0.3, -0.25) is 0 Å². The van der Waals surface area contributed by atoms with Gasteiger partial charge in [0.2, 0.25) is 0 Å². The zero-order chi connectivity index (χ0) is 11.5. The van der Waals surface area contributed by atoms with Crippen molar-refractivity contribution in [2.75, 3.05) is 18.0 Å². The first-order valence-corrected chi connectivity index (χ1v) is 5.30. The van der Waals surface area contributed by atoms with Gasteiger partial charge in [-0.2, -0.15) is 5.26 Å². The van der Waals surface area contributed by atoms with Crippen molar-refractivity contribution in [1.29, 1.82) is 5.26 Å². The number of alkyl halides is 1.